The van der Waals surface area contributed by atoms with Gasteiger partial charge in [0.05, 0.1) is 22.7 Å². The Bertz CT molecular complexity index is 1020. The lowest BCUT2D eigenvalue weighted by Gasteiger charge is -2.10. The summed E-state index contributed by atoms with van der Waals surface area (Å²) in [4.78, 5) is 24.1. The van der Waals surface area contributed by atoms with Gasteiger partial charge in [0.1, 0.15) is 30.5 Å². The highest BCUT2D eigenvalue weighted by atomic mass is 79.9. The first-order valence-electron chi connectivity index (χ1n) is 9.07. The topological polar surface area (TPSA) is 71.1 Å². The van der Waals surface area contributed by atoms with Crippen LogP contribution >= 0.6 is 15.9 Å². The van der Waals surface area contributed by atoms with Gasteiger partial charge >= 0.3 is 11.9 Å². The molecule has 0 amide bonds. The van der Waals surface area contributed by atoms with Crippen molar-refractivity contribution in [3.63, 3.8) is 0 Å². The highest BCUT2D eigenvalue weighted by Gasteiger charge is 2.14. The van der Waals surface area contributed by atoms with Crippen molar-refractivity contribution in [2.75, 3.05) is 20.3 Å². The van der Waals surface area contributed by atoms with E-state index in [0.717, 1.165) is 5.75 Å². The fourth-order valence-corrected chi connectivity index (χ4v) is 3.00. The Morgan fingerprint density at radius 3 is 2.13 bits per heavy atom. The molecule has 3 aromatic carbocycles. The fraction of sp³-hybridized carbons (Fsp3) is 0.130. The van der Waals surface area contributed by atoms with E-state index in [9.17, 15) is 9.59 Å². The van der Waals surface area contributed by atoms with Crippen LogP contribution in [0, 0.1) is 0 Å². The molecule has 0 saturated heterocycles. The molecule has 0 aromatic heterocycles. The van der Waals surface area contributed by atoms with Crippen LogP contribution in [0.4, 0.5) is 0 Å². The second-order valence-corrected chi connectivity index (χ2v) is 6.92. The number of methoxy groups -OCH3 is 1. The van der Waals surface area contributed by atoms with Crippen LogP contribution < -0.4 is 14.2 Å². The molecular formula is C23H19BrO6. The van der Waals surface area contributed by atoms with Gasteiger partial charge in [0, 0.05) is 0 Å². The lowest BCUT2D eigenvalue weighted by Crippen LogP contribution is -2.11. The van der Waals surface area contributed by atoms with Crippen molar-refractivity contribution in [1.82, 2.24) is 0 Å². The minimum Gasteiger partial charge on any atom is -0.490 e. The summed E-state index contributed by atoms with van der Waals surface area (Å²) in [7, 11) is 1.30. The van der Waals surface area contributed by atoms with E-state index in [-0.39, 0.29) is 5.75 Å². The minimum atomic E-state index is -0.549. The van der Waals surface area contributed by atoms with Crippen molar-refractivity contribution in [2.45, 2.75) is 0 Å². The Morgan fingerprint density at radius 2 is 1.43 bits per heavy atom. The molecular weight excluding hydrogens is 452 g/mol. The average molecular weight is 471 g/mol. The molecule has 0 saturated carbocycles. The summed E-state index contributed by atoms with van der Waals surface area (Å²) in [6, 6.07) is 20.7. The van der Waals surface area contributed by atoms with E-state index in [1.807, 2.05) is 30.3 Å². The first-order chi connectivity index (χ1) is 14.6. The maximum Gasteiger partial charge on any atom is 0.343 e. The van der Waals surface area contributed by atoms with Gasteiger partial charge in [-0.3, -0.25) is 0 Å². The zero-order valence-corrected chi connectivity index (χ0v) is 17.8. The Kier molecular flexibility index (Phi) is 7.45. The summed E-state index contributed by atoms with van der Waals surface area (Å²) in [5.74, 6) is 0.556. The molecule has 30 heavy (non-hydrogen) atoms. The first-order valence-corrected chi connectivity index (χ1v) is 9.87. The summed E-state index contributed by atoms with van der Waals surface area (Å²) in [5, 5.41) is 0. The molecule has 0 unspecified atom stereocenters. The zero-order valence-electron chi connectivity index (χ0n) is 16.2. The number of esters is 2. The summed E-state index contributed by atoms with van der Waals surface area (Å²) in [6.45, 7) is 0.701. The quantitative estimate of drug-likeness (QED) is 0.264. The first kappa shape index (κ1) is 21.4. The van der Waals surface area contributed by atoms with Gasteiger partial charge in [-0.25, -0.2) is 9.59 Å². The van der Waals surface area contributed by atoms with Crippen LogP contribution in [0.15, 0.2) is 77.3 Å². The maximum atomic E-state index is 12.5. The highest BCUT2D eigenvalue weighted by molar-refractivity contribution is 9.10. The second-order valence-electron chi connectivity index (χ2n) is 6.06. The van der Waals surface area contributed by atoms with E-state index >= 15 is 0 Å². The smallest absolute Gasteiger partial charge is 0.343 e. The Labute approximate surface area is 182 Å². The monoisotopic (exact) mass is 470 g/mol. The lowest BCUT2D eigenvalue weighted by atomic mass is 10.2. The maximum absolute atomic E-state index is 12.5. The number of carbonyl (C=O) groups is 2. The van der Waals surface area contributed by atoms with Crippen LogP contribution in [0.3, 0.4) is 0 Å². The van der Waals surface area contributed by atoms with E-state index in [1.165, 1.54) is 25.3 Å². The number of halogens is 1. The van der Waals surface area contributed by atoms with Crippen molar-refractivity contribution in [1.29, 1.82) is 0 Å². The molecule has 154 valence electrons. The summed E-state index contributed by atoms with van der Waals surface area (Å²) < 4.78 is 21.8. The van der Waals surface area contributed by atoms with Gasteiger partial charge in [-0.05, 0) is 64.5 Å². The van der Waals surface area contributed by atoms with Gasteiger partial charge in [0.2, 0.25) is 0 Å². The largest absolute Gasteiger partial charge is 0.490 e. The molecule has 0 N–H and O–H groups in total. The van der Waals surface area contributed by atoms with Gasteiger partial charge in [-0.2, -0.15) is 0 Å². The highest BCUT2D eigenvalue weighted by Crippen LogP contribution is 2.27. The third kappa shape index (κ3) is 5.84. The van der Waals surface area contributed by atoms with E-state index < -0.39 is 11.9 Å². The summed E-state index contributed by atoms with van der Waals surface area (Å²) in [6.07, 6.45) is 0. The Hall–Kier alpha value is -3.32. The predicted molar refractivity (Wildman–Crippen MR) is 114 cm³/mol. The third-order valence-corrected chi connectivity index (χ3v) is 4.61. The van der Waals surface area contributed by atoms with E-state index in [0.29, 0.717) is 34.6 Å². The molecule has 0 aliphatic rings. The van der Waals surface area contributed by atoms with E-state index in [4.69, 9.17) is 14.2 Å². The van der Waals surface area contributed by atoms with Gasteiger partial charge in [0.25, 0.3) is 0 Å². The van der Waals surface area contributed by atoms with Crippen LogP contribution in [-0.2, 0) is 4.74 Å². The van der Waals surface area contributed by atoms with E-state index in [1.54, 1.807) is 24.3 Å². The molecule has 6 nitrogen and oxygen atoms in total. The molecule has 0 atom stereocenters. The van der Waals surface area contributed by atoms with Crippen LogP contribution in [-0.4, -0.2) is 32.3 Å². The van der Waals surface area contributed by atoms with Gasteiger partial charge in [0.15, 0.2) is 0 Å². The number of hydrogen-bond acceptors (Lipinski definition) is 6. The SMILES string of the molecule is COC(=O)c1ccc(OC(=O)c2cccc(OCCOc3ccccc3)c2)c(Br)c1. The average Bonchev–Trinajstić information content (AvgIpc) is 2.78. The molecule has 0 spiro atoms. The molecule has 3 aromatic rings. The molecule has 0 aliphatic carbocycles. The van der Waals surface area contributed by atoms with Gasteiger partial charge in [-0.15, -0.1) is 0 Å². The van der Waals surface area contributed by atoms with Crippen LogP contribution in [0.25, 0.3) is 0 Å². The Balaban J connectivity index is 1.57. The molecule has 0 radical (unpaired) electrons. The molecule has 3 rings (SSSR count). The van der Waals surface area contributed by atoms with Crippen LogP contribution in [0.2, 0.25) is 0 Å². The second kappa shape index (κ2) is 10.5. The lowest BCUT2D eigenvalue weighted by molar-refractivity contribution is 0.0600. The minimum absolute atomic E-state index is 0.287. The van der Waals surface area contributed by atoms with Crippen molar-refractivity contribution < 1.29 is 28.5 Å². The number of carbonyl (C=O) groups excluding carboxylic acids is 2. The molecule has 0 aliphatic heterocycles. The van der Waals surface area contributed by atoms with Crippen LogP contribution in [0.1, 0.15) is 20.7 Å². The number of hydrogen-bond donors (Lipinski definition) is 0. The molecule has 0 fully saturated rings. The molecule has 0 heterocycles. The normalized spacial score (nSPS) is 10.2. The number of ether oxygens (including phenoxy) is 4. The third-order valence-electron chi connectivity index (χ3n) is 3.99. The van der Waals surface area contributed by atoms with Crippen molar-refractivity contribution in [3.8, 4) is 17.2 Å². The van der Waals surface area contributed by atoms with Crippen molar-refractivity contribution in [2.24, 2.45) is 0 Å². The van der Waals surface area contributed by atoms with Crippen LogP contribution in [0.5, 0.6) is 17.2 Å². The standard InChI is InChI=1S/C23H19BrO6/c1-27-22(25)17-10-11-21(20(24)15-17)30-23(26)16-6-5-9-19(14-16)29-13-12-28-18-7-3-2-4-8-18/h2-11,14-15H,12-13H2,1H3. The number of para-hydroxylation sites is 1. The van der Waals surface area contributed by atoms with Crippen molar-refractivity contribution >= 4 is 27.9 Å². The number of benzene rings is 3. The summed E-state index contributed by atoms with van der Waals surface area (Å²) >= 11 is 3.30. The Morgan fingerprint density at radius 1 is 0.767 bits per heavy atom. The zero-order chi connectivity index (χ0) is 21.3. The van der Waals surface area contributed by atoms with Gasteiger partial charge in [-0.1, -0.05) is 24.3 Å². The number of rotatable bonds is 8. The fourth-order valence-electron chi connectivity index (χ4n) is 2.54. The summed E-state index contributed by atoms with van der Waals surface area (Å²) in [5.41, 5.74) is 0.678. The van der Waals surface area contributed by atoms with E-state index in [2.05, 4.69) is 20.7 Å². The van der Waals surface area contributed by atoms with Gasteiger partial charge < -0.3 is 18.9 Å². The molecule has 7 heteroatoms. The predicted octanol–water partition coefficient (Wildman–Crippen LogP) is 4.91. The molecule has 0 bridgehead atoms. The van der Waals surface area contributed by atoms with Crippen molar-refractivity contribution in [3.05, 3.63) is 88.4 Å².